The van der Waals surface area contributed by atoms with Crippen molar-refractivity contribution < 1.29 is 9.59 Å². The van der Waals surface area contributed by atoms with E-state index >= 15 is 0 Å². The Balaban J connectivity index is 1.42. The second kappa shape index (κ2) is 9.99. The molecule has 0 bridgehead atoms. The summed E-state index contributed by atoms with van der Waals surface area (Å²) in [6.45, 7) is 4.62. The van der Waals surface area contributed by atoms with Gasteiger partial charge in [0, 0.05) is 29.1 Å². The third kappa shape index (κ3) is 6.01. The molecular weight excluding hydrogens is 416 g/mol. The Labute approximate surface area is 175 Å². The summed E-state index contributed by atoms with van der Waals surface area (Å²) in [5.41, 5.74) is 2.97. The number of hydrogen-bond acceptors (Lipinski definition) is 3. The molecule has 0 saturated carbocycles. The summed E-state index contributed by atoms with van der Waals surface area (Å²) in [5, 5.41) is 2.86. The summed E-state index contributed by atoms with van der Waals surface area (Å²) < 4.78 is 0.995. The molecule has 0 aliphatic carbocycles. The minimum Gasteiger partial charge on any atom is -0.326 e. The van der Waals surface area contributed by atoms with Crippen molar-refractivity contribution in [3.8, 4) is 0 Å². The molecule has 0 spiro atoms. The second-order valence-electron chi connectivity index (χ2n) is 7.46. The number of benzene rings is 2. The van der Waals surface area contributed by atoms with Crippen LogP contribution >= 0.6 is 15.9 Å². The van der Waals surface area contributed by atoms with Crippen LogP contribution in [0, 0.1) is 0 Å². The van der Waals surface area contributed by atoms with Gasteiger partial charge >= 0.3 is 0 Å². The standard InChI is InChI=1S/C23H27BrN2O2/c1-17(27)25-22-5-2-4-20(16-22)18-11-14-26(15-12-18)13-3-6-23(28)19-7-9-21(24)10-8-19/h2,4-5,7-10,16,18H,3,6,11-15H2,1H3,(H,25,27). The van der Waals surface area contributed by atoms with Crippen LogP contribution in [0.2, 0.25) is 0 Å². The van der Waals surface area contributed by atoms with Gasteiger partial charge < -0.3 is 10.2 Å². The van der Waals surface area contributed by atoms with Crippen LogP contribution in [0.4, 0.5) is 5.69 Å². The highest BCUT2D eigenvalue weighted by Gasteiger charge is 2.20. The Morgan fingerprint density at radius 3 is 2.50 bits per heavy atom. The van der Waals surface area contributed by atoms with Crippen molar-refractivity contribution in [2.24, 2.45) is 0 Å². The Morgan fingerprint density at radius 2 is 1.82 bits per heavy atom. The molecule has 0 aromatic heterocycles. The lowest BCUT2D eigenvalue weighted by atomic mass is 9.89. The number of nitrogens with zero attached hydrogens (tertiary/aromatic N) is 1. The van der Waals surface area contributed by atoms with Crippen LogP contribution in [0.15, 0.2) is 53.0 Å². The van der Waals surface area contributed by atoms with Crippen LogP contribution in [0.5, 0.6) is 0 Å². The van der Waals surface area contributed by atoms with Gasteiger partial charge in [0.1, 0.15) is 0 Å². The van der Waals surface area contributed by atoms with Crippen LogP contribution in [0.25, 0.3) is 0 Å². The van der Waals surface area contributed by atoms with Gasteiger partial charge in [0.15, 0.2) is 5.78 Å². The smallest absolute Gasteiger partial charge is 0.221 e. The van der Waals surface area contributed by atoms with E-state index in [-0.39, 0.29) is 11.7 Å². The first kappa shape index (κ1) is 20.7. The van der Waals surface area contributed by atoms with Crippen molar-refractivity contribution in [2.75, 3.05) is 25.0 Å². The van der Waals surface area contributed by atoms with Gasteiger partial charge in [0.2, 0.25) is 5.91 Å². The molecule has 1 fully saturated rings. The fourth-order valence-electron chi connectivity index (χ4n) is 3.81. The molecule has 5 heteroatoms. The highest BCUT2D eigenvalue weighted by atomic mass is 79.9. The molecule has 28 heavy (non-hydrogen) atoms. The number of hydrogen-bond donors (Lipinski definition) is 1. The zero-order valence-electron chi connectivity index (χ0n) is 16.3. The van der Waals surface area contributed by atoms with Gasteiger partial charge in [-0.15, -0.1) is 0 Å². The summed E-state index contributed by atoms with van der Waals surface area (Å²) in [4.78, 5) is 26.0. The topological polar surface area (TPSA) is 49.4 Å². The number of Topliss-reactive ketones (excluding diaryl/α,β-unsaturated/α-hetero) is 1. The number of piperidine rings is 1. The van der Waals surface area contributed by atoms with E-state index in [1.807, 2.05) is 36.4 Å². The van der Waals surface area contributed by atoms with E-state index in [2.05, 4.69) is 38.3 Å². The summed E-state index contributed by atoms with van der Waals surface area (Å²) >= 11 is 3.40. The molecule has 2 aromatic carbocycles. The van der Waals surface area contributed by atoms with Crippen LogP contribution in [-0.2, 0) is 4.79 Å². The predicted octanol–water partition coefficient (Wildman–Crippen LogP) is 5.25. The Kier molecular flexibility index (Phi) is 7.40. The normalized spacial score (nSPS) is 15.4. The molecular formula is C23H27BrN2O2. The van der Waals surface area contributed by atoms with E-state index < -0.39 is 0 Å². The highest BCUT2D eigenvalue weighted by Crippen LogP contribution is 2.29. The van der Waals surface area contributed by atoms with Gasteiger partial charge in [-0.2, -0.15) is 0 Å². The van der Waals surface area contributed by atoms with Crippen LogP contribution in [0.1, 0.15) is 54.4 Å². The minimum absolute atomic E-state index is 0.0374. The Bertz CT molecular complexity index is 812. The molecule has 0 radical (unpaired) electrons. The van der Waals surface area contributed by atoms with Crippen molar-refractivity contribution in [1.29, 1.82) is 0 Å². The molecule has 2 aromatic rings. The molecule has 1 heterocycles. The summed E-state index contributed by atoms with van der Waals surface area (Å²) in [7, 11) is 0. The lowest BCUT2D eigenvalue weighted by Gasteiger charge is -2.32. The lowest BCUT2D eigenvalue weighted by molar-refractivity contribution is -0.114. The summed E-state index contributed by atoms with van der Waals surface area (Å²) in [5.74, 6) is 0.719. The van der Waals surface area contributed by atoms with Gasteiger partial charge in [0.05, 0.1) is 0 Å². The minimum atomic E-state index is -0.0374. The van der Waals surface area contributed by atoms with E-state index in [0.29, 0.717) is 12.3 Å². The number of carbonyl (C=O) groups is 2. The Hall–Kier alpha value is -1.98. The van der Waals surface area contributed by atoms with E-state index in [9.17, 15) is 9.59 Å². The molecule has 1 N–H and O–H groups in total. The number of ketones is 1. The fourth-order valence-corrected chi connectivity index (χ4v) is 4.07. The lowest BCUT2D eigenvalue weighted by Crippen LogP contribution is -2.33. The number of nitrogens with one attached hydrogen (secondary N) is 1. The third-order valence-corrected chi connectivity index (χ3v) is 5.84. The largest absolute Gasteiger partial charge is 0.326 e. The quantitative estimate of drug-likeness (QED) is 0.595. The number of halogens is 1. The second-order valence-corrected chi connectivity index (χ2v) is 8.37. The molecule has 1 aliphatic rings. The molecule has 4 nitrogen and oxygen atoms in total. The van der Waals surface area contributed by atoms with Gasteiger partial charge in [-0.25, -0.2) is 0 Å². The van der Waals surface area contributed by atoms with Gasteiger partial charge in [-0.1, -0.05) is 40.2 Å². The molecule has 1 saturated heterocycles. The van der Waals surface area contributed by atoms with Gasteiger partial charge in [-0.3, -0.25) is 9.59 Å². The molecule has 1 amide bonds. The molecule has 0 unspecified atom stereocenters. The highest BCUT2D eigenvalue weighted by molar-refractivity contribution is 9.10. The Morgan fingerprint density at radius 1 is 1.11 bits per heavy atom. The number of likely N-dealkylation sites (tertiary alicyclic amines) is 1. The van der Waals surface area contributed by atoms with Crippen molar-refractivity contribution in [1.82, 2.24) is 4.90 Å². The van der Waals surface area contributed by atoms with E-state index in [1.54, 1.807) is 0 Å². The first-order valence-corrected chi connectivity index (χ1v) is 10.7. The molecule has 1 aliphatic heterocycles. The van der Waals surface area contributed by atoms with Crippen molar-refractivity contribution in [3.63, 3.8) is 0 Å². The third-order valence-electron chi connectivity index (χ3n) is 5.31. The van der Waals surface area contributed by atoms with E-state index in [0.717, 1.165) is 54.6 Å². The van der Waals surface area contributed by atoms with Gasteiger partial charge in [0.25, 0.3) is 0 Å². The first-order chi connectivity index (χ1) is 13.5. The zero-order chi connectivity index (χ0) is 19.9. The van der Waals surface area contributed by atoms with Crippen LogP contribution in [-0.4, -0.2) is 36.2 Å². The summed E-state index contributed by atoms with van der Waals surface area (Å²) in [6.07, 6.45) is 3.73. The predicted molar refractivity (Wildman–Crippen MR) is 117 cm³/mol. The SMILES string of the molecule is CC(=O)Nc1cccc(C2CCN(CCCC(=O)c3ccc(Br)cc3)CC2)c1. The average molecular weight is 443 g/mol. The van der Waals surface area contributed by atoms with E-state index in [4.69, 9.17) is 0 Å². The van der Waals surface area contributed by atoms with Crippen LogP contribution < -0.4 is 5.32 Å². The maximum atomic E-state index is 12.3. The van der Waals surface area contributed by atoms with Crippen molar-refractivity contribution in [3.05, 3.63) is 64.1 Å². The van der Waals surface area contributed by atoms with Crippen molar-refractivity contribution in [2.45, 2.75) is 38.5 Å². The molecule has 3 rings (SSSR count). The first-order valence-electron chi connectivity index (χ1n) is 9.90. The summed E-state index contributed by atoms with van der Waals surface area (Å²) in [6, 6.07) is 15.8. The zero-order valence-corrected chi connectivity index (χ0v) is 17.9. The van der Waals surface area contributed by atoms with E-state index in [1.165, 1.54) is 12.5 Å². The number of anilines is 1. The average Bonchev–Trinajstić information content (AvgIpc) is 2.69. The fraction of sp³-hybridized carbons (Fsp3) is 0.391. The number of amides is 1. The maximum Gasteiger partial charge on any atom is 0.221 e. The van der Waals surface area contributed by atoms with Crippen LogP contribution in [0.3, 0.4) is 0 Å². The number of carbonyl (C=O) groups excluding carboxylic acids is 2. The monoisotopic (exact) mass is 442 g/mol. The number of rotatable bonds is 7. The van der Waals surface area contributed by atoms with Crippen molar-refractivity contribution >= 4 is 33.3 Å². The molecule has 0 atom stereocenters. The van der Waals surface area contributed by atoms with Gasteiger partial charge in [-0.05, 0) is 74.6 Å². The maximum absolute atomic E-state index is 12.3. The molecule has 148 valence electrons.